The molecule has 1 N–H and O–H groups in total. The van der Waals surface area contributed by atoms with Crippen molar-refractivity contribution in [2.45, 2.75) is 6.92 Å². The molecule has 0 radical (unpaired) electrons. The third-order valence-electron chi connectivity index (χ3n) is 2.98. The summed E-state index contributed by atoms with van der Waals surface area (Å²) < 4.78 is 1.54. The summed E-state index contributed by atoms with van der Waals surface area (Å²) in [4.78, 5) is 33.4. The summed E-state index contributed by atoms with van der Waals surface area (Å²) in [5.74, 6) is -0.722. The summed E-state index contributed by atoms with van der Waals surface area (Å²) >= 11 is 0. The van der Waals surface area contributed by atoms with Crippen LogP contribution in [0.25, 0.3) is 0 Å². The second-order valence-corrected chi connectivity index (χ2v) is 4.68. The Morgan fingerprint density at radius 3 is 2.57 bits per heavy atom. The van der Waals surface area contributed by atoms with Crippen molar-refractivity contribution in [2.24, 2.45) is 7.05 Å². The van der Waals surface area contributed by atoms with Crippen LogP contribution in [-0.2, 0) is 7.05 Å². The van der Waals surface area contributed by atoms with E-state index in [2.05, 4.69) is 20.4 Å². The number of nitrogens with one attached hydrogen (secondary N) is 1. The minimum absolute atomic E-state index is 0.170. The first-order chi connectivity index (χ1) is 9.91. The zero-order valence-corrected chi connectivity index (χ0v) is 12.3. The van der Waals surface area contributed by atoms with E-state index in [0.717, 1.165) is 0 Å². The van der Waals surface area contributed by atoms with Gasteiger partial charge in [0.1, 0.15) is 5.69 Å². The molecule has 2 heterocycles. The van der Waals surface area contributed by atoms with Gasteiger partial charge in [0.25, 0.3) is 11.8 Å². The van der Waals surface area contributed by atoms with Crippen LogP contribution in [0.4, 0.5) is 5.69 Å². The zero-order chi connectivity index (χ0) is 15.6. The molecule has 0 saturated carbocycles. The van der Waals surface area contributed by atoms with Crippen molar-refractivity contribution in [1.82, 2.24) is 24.6 Å². The smallest absolute Gasteiger partial charge is 0.276 e. The molecular weight excluding hydrogens is 272 g/mol. The maximum Gasteiger partial charge on any atom is 0.276 e. The van der Waals surface area contributed by atoms with Crippen molar-refractivity contribution in [3.63, 3.8) is 0 Å². The van der Waals surface area contributed by atoms with Crippen LogP contribution in [0.5, 0.6) is 0 Å². The van der Waals surface area contributed by atoms with E-state index in [1.807, 2.05) is 0 Å². The van der Waals surface area contributed by atoms with E-state index in [1.165, 1.54) is 23.5 Å². The van der Waals surface area contributed by atoms with E-state index in [0.29, 0.717) is 11.4 Å². The van der Waals surface area contributed by atoms with Crippen molar-refractivity contribution in [3.8, 4) is 0 Å². The van der Waals surface area contributed by atoms with Gasteiger partial charge >= 0.3 is 0 Å². The lowest BCUT2D eigenvalue weighted by molar-refractivity contribution is 0.0822. The van der Waals surface area contributed by atoms with Gasteiger partial charge in [-0.05, 0) is 6.92 Å². The minimum atomic E-state index is -0.438. The number of aromatic nitrogens is 4. The third kappa shape index (κ3) is 2.88. The summed E-state index contributed by atoms with van der Waals surface area (Å²) in [6, 6.07) is 0. The molecule has 2 amide bonds. The SMILES string of the molecule is Cc1c(NC(=O)c2cnccn2)c(C(=O)N(C)C)nn1C. The van der Waals surface area contributed by atoms with Gasteiger partial charge in [0, 0.05) is 33.5 Å². The van der Waals surface area contributed by atoms with Crippen LogP contribution in [-0.4, -0.2) is 50.6 Å². The predicted octanol–water partition coefficient (Wildman–Crippen LogP) is 0.473. The van der Waals surface area contributed by atoms with Gasteiger partial charge in [0.15, 0.2) is 5.69 Å². The average Bonchev–Trinajstić information content (AvgIpc) is 2.75. The molecule has 0 bridgehead atoms. The van der Waals surface area contributed by atoms with E-state index in [9.17, 15) is 9.59 Å². The van der Waals surface area contributed by atoms with Gasteiger partial charge in [-0.2, -0.15) is 5.10 Å². The highest BCUT2D eigenvalue weighted by molar-refractivity contribution is 6.07. The Bertz CT molecular complexity index is 677. The van der Waals surface area contributed by atoms with Crippen molar-refractivity contribution in [2.75, 3.05) is 19.4 Å². The molecule has 8 heteroatoms. The maximum atomic E-state index is 12.1. The fraction of sp³-hybridized carbons (Fsp3) is 0.308. The Balaban J connectivity index is 2.36. The molecule has 110 valence electrons. The Kier molecular flexibility index (Phi) is 3.97. The number of anilines is 1. The van der Waals surface area contributed by atoms with Gasteiger partial charge in [-0.25, -0.2) is 4.98 Å². The monoisotopic (exact) mass is 288 g/mol. The Labute approximate surface area is 121 Å². The zero-order valence-electron chi connectivity index (χ0n) is 12.3. The summed E-state index contributed by atoms with van der Waals surface area (Å²) in [6.07, 6.45) is 4.26. The molecule has 2 aromatic rings. The summed E-state index contributed by atoms with van der Waals surface area (Å²) in [6.45, 7) is 1.77. The van der Waals surface area contributed by atoms with Crippen LogP contribution in [0.15, 0.2) is 18.6 Å². The number of rotatable bonds is 3. The standard InChI is InChI=1S/C13H16N6O2/c1-8-10(11(17-19(8)4)13(21)18(2)3)16-12(20)9-7-14-5-6-15-9/h5-7H,1-4H3,(H,16,20). The lowest BCUT2D eigenvalue weighted by atomic mass is 10.2. The van der Waals surface area contributed by atoms with Crippen LogP contribution in [0.3, 0.4) is 0 Å². The van der Waals surface area contributed by atoms with E-state index in [1.54, 1.807) is 32.7 Å². The van der Waals surface area contributed by atoms with E-state index >= 15 is 0 Å². The number of hydrogen-bond donors (Lipinski definition) is 1. The number of hydrogen-bond acceptors (Lipinski definition) is 5. The highest BCUT2D eigenvalue weighted by Gasteiger charge is 2.23. The van der Waals surface area contributed by atoms with Crippen LogP contribution in [0.2, 0.25) is 0 Å². The lowest BCUT2D eigenvalue weighted by Gasteiger charge is -2.10. The van der Waals surface area contributed by atoms with Gasteiger partial charge in [0.2, 0.25) is 0 Å². The number of nitrogens with zero attached hydrogens (tertiary/aromatic N) is 5. The molecule has 0 unspecified atom stereocenters. The molecule has 2 rings (SSSR count). The molecule has 0 aliphatic carbocycles. The Hall–Kier alpha value is -2.77. The van der Waals surface area contributed by atoms with Gasteiger partial charge in [-0.3, -0.25) is 19.3 Å². The Morgan fingerprint density at radius 2 is 2.00 bits per heavy atom. The van der Waals surface area contributed by atoms with Gasteiger partial charge in [0.05, 0.1) is 17.6 Å². The van der Waals surface area contributed by atoms with Crippen molar-refractivity contribution in [1.29, 1.82) is 0 Å². The molecular formula is C13H16N6O2. The average molecular weight is 288 g/mol. The van der Waals surface area contributed by atoms with Crippen LogP contribution >= 0.6 is 0 Å². The number of carbonyl (C=O) groups excluding carboxylic acids is 2. The van der Waals surface area contributed by atoms with Crippen LogP contribution in [0, 0.1) is 6.92 Å². The molecule has 0 aliphatic heterocycles. The van der Waals surface area contributed by atoms with E-state index < -0.39 is 5.91 Å². The lowest BCUT2D eigenvalue weighted by Crippen LogP contribution is -2.24. The van der Waals surface area contributed by atoms with Crippen LogP contribution in [0.1, 0.15) is 26.7 Å². The predicted molar refractivity (Wildman–Crippen MR) is 75.9 cm³/mol. The van der Waals surface area contributed by atoms with E-state index in [4.69, 9.17) is 0 Å². The Morgan fingerprint density at radius 1 is 1.29 bits per heavy atom. The van der Waals surface area contributed by atoms with Gasteiger partial charge in [-0.1, -0.05) is 0 Å². The van der Waals surface area contributed by atoms with Crippen molar-refractivity contribution >= 4 is 17.5 Å². The normalized spacial score (nSPS) is 10.3. The maximum absolute atomic E-state index is 12.1. The molecule has 0 saturated heterocycles. The fourth-order valence-electron chi connectivity index (χ4n) is 1.71. The van der Waals surface area contributed by atoms with Crippen LogP contribution < -0.4 is 5.32 Å². The first kappa shape index (κ1) is 14.6. The summed E-state index contributed by atoms with van der Waals surface area (Å²) in [5, 5.41) is 6.83. The number of aryl methyl sites for hydroxylation is 1. The van der Waals surface area contributed by atoms with Crippen molar-refractivity contribution < 1.29 is 9.59 Å². The molecule has 8 nitrogen and oxygen atoms in total. The minimum Gasteiger partial charge on any atom is -0.343 e. The van der Waals surface area contributed by atoms with Crippen molar-refractivity contribution in [3.05, 3.63) is 35.7 Å². The second-order valence-electron chi connectivity index (χ2n) is 4.68. The van der Waals surface area contributed by atoms with E-state index in [-0.39, 0.29) is 17.3 Å². The summed E-state index contributed by atoms with van der Waals surface area (Å²) in [5.41, 5.74) is 1.42. The largest absolute Gasteiger partial charge is 0.343 e. The second kappa shape index (κ2) is 5.70. The topological polar surface area (TPSA) is 93.0 Å². The molecule has 0 atom stereocenters. The van der Waals surface area contributed by atoms with Gasteiger partial charge < -0.3 is 10.2 Å². The molecule has 0 fully saturated rings. The summed E-state index contributed by atoms with van der Waals surface area (Å²) in [7, 11) is 4.96. The molecule has 0 aromatic carbocycles. The van der Waals surface area contributed by atoms with Gasteiger partial charge in [-0.15, -0.1) is 0 Å². The molecule has 2 aromatic heterocycles. The highest BCUT2D eigenvalue weighted by Crippen LogP contribution is 2.21. The first-order valence-corrected chi connectivity index (χ1v) is 6.24. The fourth-order valence-corrected chi connectivity index (χ4v) is 1.71. The highest BCUT2D eigenvalue weighted by atomic mass is 16.2. The quantitative estimate of drug-likeness (QED) is 0.886. The molecule has 0 spiro atoms. The molecule has 21 heavy (non-hydrogen) atoms. The number of amides is 2. The number of carbonyl (C=O) groups is 2. The first-order valence-electron chi connectivity index (χ1n) is 6.24. The molecule has 0 aliphatic rings. The third-order valence-corrected chi connectivity index (χ3v) is 2.98.